The van der Waals surface area contributed by atoms with Gasteiger partial charge in [-0.25, -0.2) is 8.42 Å². The number of nitrogens with zero attached hydrogens (tertiary/aromatic N) is 11. The van der Waals surface area contributed by atoms with Crippen LogP contribution >= 0.6 is 140 Å². The smallest absolute Gasteiger partial charge is 0.307 e. The SMILES string of the molecule is C=CC(OPP)[C@H](C)N(C)P.CC(C(=O)O)C(C)S(=O)(=O)C(C)CC(C)N(C)C.CC(CC(C)C(C)C(=O)N(C)CC(C)C(=O)N(C)[C@@H](C)[C@@H](O)[C@H](C)O)CC(C)N(C)C.CC(CN(C)P(P)P)C(=O)N(C)[C@@H](C)C(O)C(C)O.CC(CN(C)P(P)P)C(=O)O.CC(O)C(OPP)[C@H](C)N(C)P.C[C@@H](C(C=O)OPP)N(C)P.C[C@@H](C=O)N(C)P. The van der Waals surface area contributed by atoms with E-state index in [1.807, 2.05) is 128 Å². The van der Waals surface area contributed by atoms with Crippen LogP contribution in [0.25, 0.3) is 0 Å². The zero-order valence-corrected chi connectivity index (χ0v) is 97.0. The molecule has 31 unspecified atom stereocenters. The molecule has 0 saturated carbocycles. The summed E-state index contributed by atoms with van der Waals surface area (Å²) >= 11 is 0. The van der Waals surface area contributed by atoms with E-state index in [0.29, 0.717) is 61.0 Å². The van der Waals surface area contributed by atoms with E-state index >= 15 is 0 Å². The van der Waals surface area contributed by atoms with Crippen molar-refractivity contribution in [2.75, 3.05) is 111 Å². The molecule has 0 rings (SSSR count). The molecule has 0 aliphatic carbocycles. The molecule has 39 atom stereocenters. The Bertz CT molecular complexity index is 2790. The quantitative estimate of drug-likeness (QED) is 0.0169. The fraction of sp³-hybridized carbons (Fsp3) is 0.877. The van der Waals surface area contributed by atoms with E-state index in [1.165, 1.54) is 37.5 Å². The molecular weight excluding hydrogens is 1860 g/mol. The number of carbonyl (C=O) groups is 7. The number of aliphatic carboxylic acids is 2. The summed E-state index contributed by atoms with van der Waals surface area (Å²) < 4.78 is 52.3. The average molecular weight is 2040 g/mol. The minimum atomic E-state index is -3.42. The van der Waals surface area contributed by atoms with Gasteiger partial charge in [0.05, 0.1) is 83.0 Å². The fourth-order valence-electron chi connectivity index (χ4n) is 10.3. The van der Waals surface area contributed by atoms with Gasteiger partial charge in [-0.1, -0.05) is 155 Å². The van der Waals surface area contributed by atoms with Crippen LogP contribution in [0.2, 0.25) is 0 Å². The predicted molar refractivity (Wildman–Crippen MR) is 553 cm³/mol. The lowest BCUT2D eigenvalue weighted by atomic mass is 9.84. The van der Waals surface area contributed by atoms with Crippen molar-refractivity contribution in [1.82, 2.24) is 52.5 Å². The summed E-state index contributed by atoms with van der Waals surface area (Å²) in [6.45, 7) is 41.9. The molecule has 0 fully saturated rings. The maximum atomic E-state index is 13.0. The number of hydrogen-bond acceptors (Lipinski definition) is 25. The first kappa shape index (κ1) is 138. The van der Waals surface area contributed by atoms with E-state index in [2.05, 4.69) is 158 Å². The van der Waals surface area contributed by atoms with Crippen LogP contribution in [-0.4, -0.2) is 358 Å². The number of hydrogen-bond donors (Lipinski definition) is 7. The lowest BCUT2D eigenvalue weighted by Gasteiger charge is -2.34. The van der Waals surface area contributed by atoms with E-state index in [0.717, 1.165) is 25.4 Å². The first-order valence-corrected chi connectivity index (χ1v) is 60.5. The number of carboxylic acid groups (broad SMARTS) is 2. The summed E-state index contributed by atoms with van der Waals surface area (Å²) in [5.41, 5.74) is 0. The summed E-state index contributed by atoms with van der Waals surface area (Å²) in [5, 5.41) is 64.3. The maximum absolute atomic E-state index is 13.0. The van der Waals surface area contributed by atoms with Crippen LogP contribution in [0, 0.1) is 41.4 Å². The second-order valence-electron chi connectivity index (χ2n) is 32.0. The fourth-order valence-corrected chi connectivity index (χ4v) is 17.7. The lowest BCUT2D eigenvalue weighted by molar-refractivity contribution is -0.143. The highest BCUT2D eigenvalue weighted by atomic mass is 32.4. The Morgan fingerprint density at radius 1 is 0.442 bits per heavy atom. The zero-order valence-electron chi connectivity index (χ0n) is 78.7. The summed E-state index contributed by atoms with van der Waals surface area (Å²) in [5.74, 6) is -2.96. The van der Waals surface area contributed by atoms with Crippen molar-refractivity contribution < 1.29 is 91.3 Å². The summed E-state index contributed by atoms with van der Waals surface area (Å²) in [6, 6.07) is 0.399. The van der Waals surface area contributed by atoms with Crippen molar-refractivity contribution in [2.24, 2.45) is 41.4 Å². The van der Waals surface area contributed by atoms with Gasteiger partial charge in [-0.2, -0.15) is 0 Å². The molecule has 0 radical (unpaired) electrons. The second-order valence-corrected chi connectivity index (χ2v) is 54.3. The van der Waals surface area contributed by atoms with Gasteiger partial charge in [0, 0.05) is 123 Å². The molecule has 720 valence electrons. The Morgan fingerprint density at radius 2 is 0.792 bits per heavy atom. The van der Waals surface area contributed by atoms with Gasteiger partial charge in [-0.15, -0.1) is 6.58 Å². The van der Waals surface area contributed by atoms with Crippen LogP contribution in [0.15, 0.2) is 12.7 Å². The highest BCUT2D eigenvalue weighted by Gasteiger charge is 2.37. The van der Waals surface area contributed by atoms with Gasteiger partial charge >= 0.3 is 11.9 Å². The van der Waals surface area contributed by atoms with Crippen molar-refractivity contribution in [3.63, 3.8) is 0 Å². The van der Waals surface area contributed by atoms with Gasteiger partial charge < -0.3 is 83.4 Å². The Labute approximate surface area is 762 Å². The second kappa shape index (κ2) is 76.0. The van der Waals surface area contributed by atoms with Crippen molar-refractivity contribution in [1.29, 1.82) is 0 Å². The van der Waals surface area contributed by atoms with E-state index in [9.17, 15) is 67.5 Å². The largest absolute Gasteiger partial charge is 0.481 e. The minimum Gasteiger partial charge on any atom is -0.481 e. The molecule has 30 nitrogen and oxygen atoms in total. The Morgan fingerprint density at radius 3 is 1.07 bits per heavy atom. The summed E-state index contributed by atoms with van der Waals surface area (Å²) in [7, 11) is 49.9. The molecule has 0 aromatic carbocycles. The van der Waals surface area contributed by atoms with Crippen LogP contribution in [0.3, 0.4) is 0 Å². The van der Waals surface area contributed by atoms with Crippen molar-refractivity contribution >= 4 is 193 Å². The molecule has 3 amide bonds. The molecule has 0 saturated heterocycles. The number of aliphatic hydroxyl groups is 5. The summed E-state index contributed by atoms with van der Waals surface area (Å²) in [6.07, 6.45) is 1.68. The highest BCUT2D eigenvalue weighted by molar-refractivity contribution is 8.42. The third-order valence-corrected chi connectivity index (χ3v) is 34.7. The number of sulfone groups is 1. The molecule has 0 aromatic heterocycles. The third-order valence-electron chi connectivity index (χ3n) is 21.0. The van der Waals surface area contributed by atoms with E-state index < -0.39 is 86.7 Å². The molecule has 7 N–H and O–H groups in total. The molecule has 0 bridgehead atoms. The van der Waals surface area contributed by atoms with Gasteiger partial charge in [0.1, 0.15) is 18.5 Å². The van der Waals surface area contributed by atoms with Crippen LogP contribution in [0.5, 0.6) is 0 Å². The molecule has 120 heavy (non-hydrogen) atoms. The van der Waals surface area contributed by atoms with Crippen molar-refractivity contribution in [3.8, 4) is 0 Å². The van der Waals surface area contributed by atoms with Crippen LogP contribution in [-0.2, 0) is 57.0 Å². The molecule has 47 heteroatoms. The van der Waals surface area contributed by atoms with Crippen LogP contribution in [0.4, 0.5) is 0 Å². The molecule has 0 aliphatic heterocycles. The monoisotopic (exact) mass is 2040 g/mol. The lowest BCUT2D eigenvalue weighted by Crippen LogP contribution is -2.50. The number of amides is 3. The van der Waals surface area contributed by atoms with Gasteiger partial charge in [0.25, 0.3) is 0 Å². The zero-order chi connectivity index (χ0) is 96.9. The minimum absolute atomic E-state index is 0.0185. The highest BCUT2D eigenvalue weighted by Crippen LogP contribution is 2.55. The number of likely N-dealkylation sites (N-methyl/N-ethyl adjacent to an activating group) is 6. The maximum Gasteiger partial charge on any atom is 0.307 e. The average Bonchev–Trinajstić information content (AvgIpc) is 0.819. The molecule has 0 spiro atoms. The predicted octanol–water partition coefficient (Wildman–Crippen LogP) is 10.9. The van der Waals surface area contributed by atoms with Crippen LogP contribution < -0.4 is 0 Å². The van der Waals surface area contributed by atoms with Gasteiger partial charge in [0.2, 0.25) is 17.7 Å². The molecule has 0 heterocycles. The third kappa shape index (κ3) is 62.9. The van der Waals surface area contributed by atoms with E-state index in [4.69, 9.17) is 23.8 Å². The first-order chi connectivity index (χ1) is 54.6. The number of rotatable bonds is 48. The number of carbonyl (C=O) groups excluding carboxylic acids is 5. The molecular formula is C73H173N11O19P16S. The van der Waals surface area contributed by atoms with Gasteiger partial charge in [0.15, 0.2) is 16.1 Å². The van der Waals surface area contributed by atoms with E-state index in [-0.39, 0.29) is 107 Å². The number of carboxylic acids is 2. The molecule has 0 aromatic rings. The molecule has 0 aliphatic rings. The standard InChI is InChI=1S/C24H49N3O4.C12H25NO4S.C11H27N2O3P3.C6H18NO2P3.C6H16NOP3.2C5H14NO2P3.C4H10NOP/c1-15(13-18(4)25(8)9)12-16(2)19(5)24(31)26(10)14-17(3)23(30)27(11)20(6)22(29)21(7)28;1-8(13(5)6)7-9(2)18(16,17)11(4)10(3)12(14)15;1-7(6-12(4)19(17)18)11(16)13(5)8(2)10(15)9(3)14;1-4(7(3)10)6(5(2)8)9-12-11;1-4-6(8-11-10)5(2)7(3)9;1-4(6(2)9)5(3-7)8-11-10;1-4(5(7)8)3-6(2)11(9)10;1-4(3-6)5(2)7/h15-22,28-29H,12-14H2,1-11H3;8-11H,7H2,1-6H3,(H,14,15);7-10,14-15H,6,17-18H2,1-5H3;4-6,8,12H,10-11H2,1-3H3;4-6,11H,1,9-10H2,2-3H3;3-5,11H,9-10H2,1-2H3;4H,3,9-10H2,1-2H3,(H,7,8);3-4H,7H2,1-2H3/t15?,16?,17?,18?,19?,20-,21-,22+;;7?,8-,9?,10?;4-,5?,6?;5-,6?;4-,5?;;4-/m0.0000.0/s1. The van der Waals surface area contributed by atoms with Gasteiger partial charge in [-0.3, -0.25) is 52.0 Å². The number of aldehydes is 2. The Hall–Kier alpha value is 2.62. The Balaban J connectivity index is -0.000000208. The summed E-state index contributed by atoms with van der Waals surface area (Å²) in [4.78, 5) is 88.5. The van der Waals surface area contributed by atoms with Crippen molar-refractivity contribution in [3.05, 3.63) is 12.7 Å². The Kier molecular flexibility index (Phi) is 87.4. The van der Waals surface area contributed by atoms with Crippen molar-refractivity contribution in [2.45, 2.75) is 265 Å². The van der Waals surface area contributed by atoms with Crippen LogP contribution in [0.1, 0.15) is 158 Å². The topological polar surface area (TPSA) is 359 Å². The van der Waals surface area contributed by atoms with Gasteiger partial charge in [-0.05, 0) is 192 Å². The first-order valence-electron chi connectivity index (χ1n) is 39.6. The normalized spacial score (nSPS) is 18.2. The van der Waals surface area contributed by atoms with E-state index in [1.54, 1.807) is 72.3 Å². The number of aliphatic hydroxyl groups excluding tert-OH is 5.